The first-order valence-corrected chi connectivity index (χ1v) is 12.3. The lowest BCUT2D eigenvalue weighted by molar-refractivity contribution is 1.18. The van der Waals surface area contributed by atoms with Gasteiger partial charge < -0.3 is 0 Å². The van der Waals surface area contributed by atoms with Gasteiger partial charge in [0, 0.05) is 29.3 Å². The van der Waals surface area contributed by atoms with Crippen LogP contribution in [0.5, 0.6) is 0 Å². The van der Waals surface area contributed by atoms with E-state index in [1.165, 1.54) is 0 Å². The van der Waals surface area contributed by atoms with Crippen molar-refractivity contribution in [2.75, 3.05) is 4.90 Å². The molecule has 2 aromatic heterocycles. The van der Waals surface area contributed by atoms with Crippen LogP contribution in [-0.4, -0.2) is 9.97 Å². The summed E-state index contributed by atoms with van der Waals surface area (Å²) < 4.78 is 0. The Balaban J connectivity index is 1.56. The van der Waals surface area contributed by atoms with Gasteiger partial charge in [0.05, 0.1) is 5.69 Å². The maximum atomic E-state index is 4.83. The molecule has 0 spiro atoms. The number of anilines is 3. The van der Waals surface area contributed by atoms with Crippen LogP contribution in [0.25, 0.3) is 33.5 Å². The fraction of sp³-hybridized carbons (Fsp3) is 0. The summed E-state index contributed by atoms with van der Waals surface area (Å²) in [6.07, 6.45) is 3.72. The van der Waals surface area contributed by atoms with Gasteiger partial charge in [0.15, 0.2) is 0 Å². The van der Waals surface area contributed by atoms with E-state index in [1.54, 1.807) is 0 Å². The van der Waals surface area contributed by atoms with Crippen LogP contribution in [0, 0.1) is 0 Å². The summed E-state index contributed by atoms with van der Waals surface area (Å²) in [5, 5.41) is 0. The van der Waals surface area contributed by atoms with Crippen molar-refractivity contribution < 1.29 is 0 Å². The van der Waals surface area contributed by atoms with Gasteiger partial charge in [-0.05, 0) is 76.9 Å². The second-order valence-electron chi connectivity index (χ2n) is 8.79. The average Bonchev–Trinajstić information content (AvgIpc) is 2.99. The maximum Gasteiger partial charge on any atom is 0.138 e. The van der Waals surface area contributed by atoms with Gasteiger partial charge in [0.2, 0.25) is 0 Å². The fourth-order valence-corrected chi connectivity index (χ4v) is 4.56. The molecule has 0 radical (unpaired) electrons. The zero-order valence-corrected chi connectivity index (χ0v) is 20.3. The van der Waals surface area contributed by atoms with Gasteiger partial charge >= 0.3 is 0 Å². The molecule has 0 aliphatic carbocycles. The lowest BCUT2D eigenvalue weighted by Crippen LogP contribution is -2.12. The van der Waals surface area contributed by atoms with E-state index in [-0.39, 0.29) is 0 Å². The first kappa shape index (κ1) is 22.4. The minimum Gasteiger partial charge on any atom is -0.295 e. The van der Waals surface area contributed by atoms with Crippen LogP contribution < -0.4 is 4.90 Å². The van der Waals surface area contributed by atoms with Gasteiger partial charge in [-0.3, -0.25) is 9.88 Å². The average molecular weight is 476 g/mol. The first-order valence-electron chi connectivity index (χ1n) is 12.3. The number of nitrogens with zero attached hydrogens (tertiary/aromatic N) is 3. The molecule has 176 valence electrons. The van der Waals surface area contributed by atoms with E-state index in [2.05, 4.69) is 119 Å². The van der Waals surface area contributed by atoms with E-state index < -0.39 is 0 Å². The number of rotatable bonds is 6. The highest BCUT2D eigenvalue weighted by atomic mass is 15.2. The van der Waals surface area contributed by atoms with Crippen LogP contribution >= 0.6 is 0 Å². The number of pyridine rings is 2. The van der Waals surface area contributed by atoms with Gasteiger partial charge in [-0.1, -0.05) is 84.9 Å². The number of para-hydroxylation sites is 1. The molecule has 0 amide bonds. The molecule has 0 unspecified atom stereocenters. The largest absolute Gasteiger partial charge is 0.295 e. The molecule has 6 rings (SSSR count). The van der Waals surface area contributed by atoms with E-state index in [0.717, 1.165) is 50.7 Å². The van der Waals surface area contributed by atoms with Crippen molar-refractivity contribution in [3.05, 3.63) is 152 Å². The summed E-state index contributed by atoms with van der Waals surface area (Å²) in [5.41, 5.74) is 8.60. The molecule has 0 aliphatic rings. The number of aromatic nitrogens is 2. The van der Waals surface area contributed by atoms with Gasteiger partial charge in [0.25, 0.3) is 0 Å². The van der Waals surface area contributed by atoms with E-state index in [9.17, 15) is 0 Å². The number of benzene rings is 4. The second kappa shape index (κ2) is 10.3. The van der Waals surface area contributed by atoms with Crippen molar-refractivity contribution in [2.45, 2.75) is 0 Å². The smallest absolute Gasteiger partial charge is 0.138 e. The molecule has 0 atom stereocenters. The van der Waals surface area contributed by atoms with Crippen LogP contribution in [0.4, 0.5) is 17.2 Å². The number of hydrogen-bond acceptors (Lipinski definition) is 3. The molecule has 6 aromatic rings. The molecule has 4 aromatic carbocycles. The van der Waals surface area contributed by atoms with Crippen molar-refractivity contribution in [3.8, 4) is 33.5 Å². The Hall–Kier alpha value is -5.02. The minimum absolute atomic E-state index is 0.852. The summed E-state index contributed by atoms with van der Waals surface area (Å²) in [6.45, 7) is 0. The van der Waals surface area contributed by atoms with Gasteiger partial charge in [-0.25, -0.2) is 4.98 Å². The standard InChI is InChI=1S/C34H25N3/c1-4-12-26(13-5-1)28-19-21-36-34(25-28)37(31-16-8-3-9-17-31)32-23-29(27-14-6-2-7-15-27)22-30(24-32)33-18-10-11-20-35-33/h1-25H. The molecule has 2 heterocycles. The van der Waals surface area contributed by atoms with Crippen LogP contribution in [0.15, 0.2) is 152 Å². The highest BCUT2D eigenvalue weighted by Gasteiger charge is 2.17. The third-order valence-corrected chi connectivity index (χ3v) is 6.34. The zero-order valence-electron chi connectivity index (χ0n) is 20.3. The first-order chi connectivity index (χ1) is 18.3. The molecule has 37 heavy (non-hydrogen) atoms. The zero-order chi connectivity index (χ0) is 24.9. The van der Waals surface area contributed by atoms with Gasteiger partial charge in [0.1, 0.15) is 5.82 Å². The monoisotopic (exact) mass is 475 g/mol. The van der Waals surface area contributed by atoms with Crippen LogP contribution in [0.3, 0.4) is 0 Å². The highest BCUT2D eigenvalue weighted by Crippen LogP contribution is 2.39. The molecule has 0 saturated heterocycles. The second-order valence-corrected chi connectivity index (χ2v) is 8.79. The predicted octanol–water partition coefficient (Wildman–Crippen LogP) is 8.95. The van der Waals surface area contributed by atoms with E-state index in [0.29, 0.717) is 0 Å². The molecule has 0 N–H and O–H groups in total. The summed E-state index contributed by atoms with van der Waals surface area (Å²) in [5.74, 6) is 0.852. The normalized spacial score (nSPS) is 10.7. The SMILES string of the molecule is c1ccc(-c2cc(-c3ccccn3)cc(N(c3ccccc3)c3cc(-c4ccccc4)ccn3)c2)cc1. The van der Waals surface area contributed by atoms with Crippen molar-refractivity contribution in [1.82, 2.24) is 9.97 Å². The molecule has 3 heteroatoms. The summed E-state index contributed by atoms with van der Waals surface area (Å²) in [7, 11) is 0. The molecular weight excluding hydrogens is 450 g/mol. The Labute approximate surface area is 217 Å². The molecule has 0 aliphatic heterocycles. The Bertz CT molecular complexity index is 1540. The molecular formula is C34H25N3. The molecule has 0 saturated carbocycles. The number of hydrogen-bond donors (Lipinski definition) is 0. The third kappa shape index (κ3) is 4.89. The van der Waals surface area contributed by atoms with Crippen LogP contribution in [-0.2, 0) is 0 Å². The lowest BCUT2D eigenvalue weighted by Gasteiger charge is -2.26. The lowest BCUT2D eigenvalue weighted by atomic mass is 9.99. The van der Waals surface area contributed by atoms with Crippen molar-refractivity contribution in [3.63, 3.8) is 0 Å². The quantitative estimate of drug-likeness (QED) is 0.241. The van der Waals surface area contributed by atoms with Crippen LogP contribution in [0.2, 0.25) is 0 Å². The van der Waals surface area contributed by atoms with Crippen molar-refractivity contribution >= 4 is 17.2 Å². The Morgan fingerprint density at radius 2 is 1.00 bits per heavy atom. The van der Waals surface area contributed by atoms with E-state index in [1.807, 2.05) is 42.7 Å². The summed E-state index contributed by atoms with van der Waals surface area (Å²) in [4.78, 5) is 11.7. The maximum absolute atomic E-state index is 4.83. The summed E-state index contributed by atoms with van der Waals surface area (Å²) >= 11 is 0. The Kier molecular flexibility index (Phi) is 6.25. The third-order valence-electron chi connectivity index (χ3n) is 6.34. The van der Waals surface area contributed by atoms with Gasteiger partial charge in [-0.15, -0.1) is 0 Å². The van der Waals surface area contributed by atoms with Crippen LogP contribution in [0.1, 0.15) is 0 Å². The highest BCUT2D eigenvalue weighted by molar-refractivity contribution is 5.84. The van der Waals surface area contributed by atoms with E-state index in [4.69, 9.17) is 4.98 Å². The molecule has 0 fully saturated rings. The van der Waals surface area contributed by atoms with Crippen molar-refractivity contribution in [2.24, 2.45) is 0 Å². The van der Waals surface area contributed by atoms with Crippen molar-refractivity contribution in [1.29, 1.82) is 0 Å². The topological polar surface area (TPSA) is 29.0 Å². The Morgan fingerprint density at radius 3 is 1.68 bits per heavy atom. The minimum atomic E-state index is 0.852. The fourth-order valence-electron chi connectivity index (χ4n) is 4.56. The molecule has 0 bridgehead atoms. The Morgan fingerprint density at radius 1 is 0.378 bits per heavy atom. The van der Waals surface area contributed by atoms with Gasteiger partial charge in [-0.2, -0.15) is 0 Å². The van der Waals surface area contributed by atoms with E-state index >= 15 is 0 Å². The molecule has 3 nitrogen and oxygen atoms in total. The summed E-state index contributed by atoms with van der Waals surface area (Å²) in [6, 6.07) is 48.1. The predicted molar refractivity (Wildman–Crippen MR) is 153 cm³/mol.